The molecule has 5 heteroatoms. The van der Waals surface area contributed by atoms with Gasteiger partial charge in [0, 0.05) is 18.1 Å². The molecule has 1 N–H and O–H groups in total. The third-order valence-corrected chi connectivity index (χ3v) is 3.43. The van der Waals surface area contributed by atoms with Crippen LogP contribution in [0.15, 0.2) is 45.6 Å². The zero-order chi connectivity index (χ0) is 16.3. The highest BCUT2D eigenvalue weighted by atomic mass is 16.5. The Labute approximate surface area is 128 Å². The first-order chi connectivity index (χ1) is 10.5. The summed E-state index contributed by atoms with van der Waals surface area (Å²) in [5.41, 5.74) is 0.943. The van der Waals surface area contributed by atoms with Crippen molar-refractivity contribution in [3.63, 3.8) is 0 Å². The second-order valence-corrected chi connectivity index (χ2v) is 5.02. The Morgan fingerprint density at radius 2 is 2.05 bits per heavy atom. The third kappa shape index (κ3) is 3.05. The molecule has 22 heavy (non-hydrogen) atoms. The molecule has 0 saturated carbocycles. The Kier molecular flexibility index (Phi) is 5.00. The Hall–Kier alpha value is -2.11. The van der Waals surface area contributed by atoms with Gasteiger partial charge in [-0.2, -0.15) is 0 Å². The SMILES string of the molecule is C=C(C)[C@@H](O)[C@@H](OCC)c1c(OC)ccc2ccc(=O)oc12. The molecule has 0 unspecified atom stereocenters. The number of fused-ring (bicyclic) bond motifs is 1. The Balaban J connectivity index is 2.75. The maximum Gasteiger partial charge on any atom is 0.336 e. The fourth-order valence-electron chi connectivity index (χ4n) is 2.35. The summed E-state index contributed by atoms with van der Waals surface area (Å²) in [7, 11) is 1.52. The van der Waals surface area contributed by atoms with Crippen LogP contribution in [-0.4, -0.2) is 24.9 Å². The van der Waals surface area contributed by atoms with Crippen molar-refractivity contribution in [2.45, 2.75) is 26.1 Å². The van der Waals surface area contributed by atoms with Gasteiger partial charge in [-0.25, -0.2) is 4.79 Å². The lowest BCUT2D eigenvalue weighted by Gasteiger charge is -2.25. The van der Waals surface area contributed by atoms with E-state index < -0.39 is 17.8 Å². The number of hydrogen-bond acceptors (Lipinski definition) is 5. The molecule has 0 bridgehead atoms. The highest BCUT2D eigenvalue weighted by molar-refractivity contribution is 5.82. The standard InChI is InChI=1S/C17H20O5/c1-5-21-17(15(19)10(2)3)14-12(20-4)8-6-11-7-9-13(18)22-16(11)14/h6-9,15,17,19H,2,5H2,1,3-4H3/t15-,17+/m1/s1. The fourth-order valence-corrected chi connectivity index (χ4v) is 2.35. The highest BCUT2D eigenvalue weighted by Crippen LogP contribution is 2.37. The number of methoxy groups -OCH3 is 1. The van der Waals surface area contributed by atoms with Crippen LogP contribution in [-0.2, 0) is 4.74 Å². The summed E-state index contributed by atoms with van der Waals surface area (Å²) in [4.78, 5) is 11.6. The molecule has 2 rings (SSSR count). The van der Waals surface area contributed by atoms with Crippen LogP contribution in [0.4, 0.5) is 0 Å². The largest absolute Gasteiger partial charge is 0.496 e. The van der Waals surface area contributed by atoms with Crippen LogP contribution in [0.1, 0.15) is 25.5 Å². The van der Waals surface area contributed by atoms with Gasteiger partial charge in [-0.3, -0.25) is 0 Å². The van der Waals surface area contributed by atoms with Crippen molar-refractivity contribution in [2.75, 3.05) is 13.7 Å². The number of ether oxygens (including phenoxy) is 2. The van der Waals surface area contributed by atoms with Crippen molar-refractivity contribution in [1.29, 1.82) is 0 Å². The molecule has 0 aliphatic rings. The summed E-state index contributed by atoms with van der Waals surface area (Å²) in [5.74, 6) is 0.487. The first-order valence-corrected chi connectivity index (χ1v) is 7.05. The maximum absolute atomic E-state index is 11.6. The van der Waals surface area contributed by atoms with Gasteiger partial charge in [-0.15, -0.1) is 0 Å². The van der Waals surface area contributed by atoms with Gasteiger partial charge < -0.3 is 19.0 Å². The van der Waals surface area contributed by atoms with Crippen LogP contribution >= 0.6 is 0 Å². The van der Waals surface area contributed by atoms with Crippen molar-refractivity contribution in [3.8, 4) is 5.75 Å². The minimum atomic E-state index is -0.940. The molecule has 0 radical (unpaired) electrons. The molecule has 118 valence electrons. The molecule has 0 saturated heterocycles. The molecule has 2 atom stereocenters. The number of aliphatic hydroxyl groups excluding tert-OH is 1. The molecule has 1 heterocycles. The quantitative estimate of drug-likeness (QED) is 0.656. The predicted octanol–water partition coefficient (Wildman–Crippen LogP) is 2.82. The van der Waals surface area contributed by atoms with Crippen molar-refractivity contribution >= 4 is 11.0 Å². The van der Waals surface area contributed by atoms with E-state index in [9.17, 15) is 9.90 Å². The van der Waals surface area contributed by atoms with Gasteiger partial charge in [0.05, 0.1) is 12.7 Å². The molecule has 5 nitrogen and oxygen atoms in total. The first-order valence-electron chi connectivity index (χ1n) is 7.05. The Morgan fingerprint density at radius 1 is 1.36 bits per heavy atom. The number of hydrogen-bond donors (Lipinski definition) is 1. The average molecular weight is 304 g/mol. The molecular formula is C17H20O5. The summed E-state index contributed by atoms with van der Waals surface area (Å²) in [6.07, 6.45) is -1.67. The van der Waals surface area contributed by atoms with Gasteiger partial charge in [0.25, 0.3) is 0 Å². The van der Waals surface area contributed by atoms with Crippen LogP contribution in [0, 0.1) is 0 Å². The maximum atomic E-state index is 11.6. The predicted molar refractivity (Wildman–Crippen MR) is 84.2 cm³/mol. The summed E-state index contributed by atoms with van der Waals surface area (Å²) in [5, 5.41) is 11.2. The van der Waals surface area contributed by atoms with E-state index in [0.29, 0.717) is 29.1 Å². The van der Waals surface area contributed by atoms with Gasteiger partial charge in [0.2, 0.25) is 0 Å². The monoisotopic (exact) mass is 304 g/mol. The van der Waals surface area contributed by atoms with Gasteiger partial charge in [-0.05, 0) is 37.6 Å². The minimum Gasteiger partial charge on any atom is -0.496 e. The lowest BCUT2D eigenvalue weighted by Crippen LogP contribution is -2.23. The molecule has 0 spiro atoms. The summed E-state index contributed by atoms with van der Waals surface area (Å²) in [6.45, 7) is 7.69. The van der Waals surface area contributed by atoms with E-state index in [1.54, 1.807) is 25.1 Å². The van der Waals surface area contributed by atoms with E-state index in [-0.39, 0.29) is 0 Å². The lowest BCUT2D eigenvalue weighted by molar-refractivity contribution is -0.0188. The summed E-state index contributed by atoms with van der Waals surface area (Å²) >= 11 is 0. The molecule has 0 aliphatic heterocycles. The van der Waals surface area contributed by atoms with E-state index in [2.05, 4.69) is 6.58 Å². The Morgan fingerprint density at radius 3 is 2.64 bits per heavy atom. The zero-order valence-corrected chi connectivity index (χ0v) is 13.0. The number of benzene rings is 1. The van der Waals surface area contributed by atoms with Crippen LogP contribution in [0.5, 0.6) is 5.75 Å². The second kappa shape index (κ2) is 6.77. The van der Waals surface area contributed by atoms with E-state index in [1.165, 1.54) is 13.2 Å². The van der Waals surface area contributed by atoms with Crippen LogP contribution in [0.25, 0.3) is 11.0 Å². The van der Waals surface area contributed by atoms with Crippen LogP contribution in [0.3, 0.4) is 0 Å². The third-order valence-electron chi connectivity index (χ3n) is 3.43. The van der Waals surface area contributed by atoms with Crippen molar-refractivity contribution in [3.05, 3.63) is 52.4 Å². The van der Waals surface area contributed by atoms with Crippen LogP contribution < -0.4 is 10.4 Å². The summed E-state index contributed by atoms with van der Waals surface area (Å²) < 4.78 is 16.4. The van der Waals surface area contributed by atoms with Gasteiger partial charge in [-0.1, -0.05) is 6.58 Å². The molecule has 0 fully saturated rings. The second-order valence-electron chi connectivity index (χ2n) is 5.02. The van der Waals surface area contributed by atoms with E-state index in [4.69, 9.17) is 13.9 Å². The smallest absolute Gasteiger partial charge is 0.336 e. The fraction of sp³-hybridized carbons (Fsp3) is 0.353. The average Bonchev–Trinajstić information content (AvgIpc) is 2.51. The minimum absolute atomic E-state index is 0.352. The first kappa shape index (κ1) is 16.3. The highest BCUT2D eigenvalue weighted by Gasteiger charge is 2.28. The normalized spacial score (nSPS) is 13.8. The van der Waals surface area contributed by atoms with Crippen molar-refractivity contribution in [2.24, 2.45) is 0 Å². The van der Waals surface area contributed by atoms with Crippen molar-refractivity contribution < 1.29 is 19.0 Å². The molecular weight excluding hydrogens is 284 g/mol. The van der Waals surface area contributed by atoms with E-state index in [1.807, 2.05) is 6.92 Å². The molecule has 0 amide bonds. The van der Waals surface area contributed by atoms with Crippen molar-refractivity contribution in [1.82, 2.24) is 0 Å². The van der Waals surface area contributed by atoms with Gasteiger partial charge in [0.15, 0.2) is 0 Å². The van der Waals surface area contributed by atoms with Gasteiger partial charge in [0.1, 0.15) is 23.5 Å². The molecule has 0 aliphatic carbocycles. The van der Waals surface area contributed by atoms with E-state index >= 15 is 0 Å². The topological polar surface area (TPSA) is 68.9 Å². The molecule has 2 aromatic rings. The van der Waals surface area contributed by atoms with E-state index in [0.717, 1.165) is 5.39 Å². The molecule has 1 aromatic carbocycles. The molecule has 1 aromatic heterocycles. The summed E-state index contributed by atoms with van der Waals surface area (Å²) in [6, 6.07) is 6.56. The number of rotatable bonds is 6. The zero-order valence-electron chi connectivity index (χ0n) is 13.0. The van der Waals surface area contributed by atoms with Crippen LogP contribution in [0.2, 0.25) is 0 Å². The number of aliphatic hydroxyl groups is 1. The van der Waals surface area contributed by atoms with Gasteiger partial charge >= 0.3 is 5.63 Å². The lowest BCUT2D eigenvalue weighted by atomic mass is 9.97. The Bertz CT molecular complexity index is 731.